The summed E-state index contributed by atoms with van der Waals surface area (Å²) in [7, 11) is 0. The molecule has 0 saturated carbocycles. The highest BCUT2D eigenvalue weighted by Crippen LogP contribution is 2.44. The largest absolute Gasteiger partial charge is 0.493 e. The van der Waals surface area contributed by atoms with Crippen LogP contribution in [-0.2, 0) is 4.79 Å². The minimum Gasteiger partial charge on any atom is -0.493 e. The molecule has 3 aliphatic heterocycles. The molecule has 0 bridgehead atoms. The molecule has 13 heteroatoms. The maximum absolute atomic E-state index is 12.2. The lowest BCUT2D eigenvalue weighted by atomic mass is 10.0. The first kappa shape index (κ1) is 29.7. The molecule has 2 unspecified atom stereocenters. The Morgan fingerprint density at radius 1 is 1.17 bits per heavy atom. The SMILES string of the molecule is O=C(CCCCC1SC[C@@H]2NC(=O)N[C@H]12)NCCCOc1cc(Br)c2c(c1)C=C([N+](=O)[O-])C(c1ccc(Br)cc1)O2. The van der Waals surface area contributed by atoms with Crippen molar-refractivity contribution in [2.24, 2.45) is 0 Å². The number of carbonyl (C=O) groups is 2. The molecule has 10 nitrogen and oxygen atoms in total. The maximum Gasteiger partial charge on any atom is 0.315 e. The zero-order valence-corrected chi connectivity index (χ0v) is 26.1. The van der Waals surface area contributed by atoms with Crippen molar-refractivity contribution in [2.45, 2.75) is 55.5 Å². The van der Waals surface area contributed by atoms with Gasteiger partial charge in [-0.3, -0.25) is 14.9 Å². The minimum absolute atomic E-state index is 0.0178. The van der Waals surface area contributed by atoms with Crippen molar-refractivity contribution >= 4 is 61.6 Å². The number of urea groups is 1. The second-order valence-corrected chi connectivity index (χ2v) is 13.2. The number of nitro groups is 1. The lowest BCUT2D eigenvalue weighted by molar-refractivity contribution is -0.434. The first-order valence-corrected chi connectivity index (χ1v) is 16.1. The first-order chi connectivity index (χ1) is 19.8. The number of halogens is 2. The summed E-state index contributed by atoms with van der Waals surface area (Å²) in [5.41, 5.74) is 1.18. The number of fused-ring (bicyclic) bond motifs is 2. The van der Waals surface area contributed by atoms with Gasteiger partial charge < -0.3 is 25.4 Å². The van der Waals surface area contributed by atoms with Crippen molar-refractivity contribution in [3.8, 4) is 11.5 Å². The summed E-state index contributed by atoms with van der Waals surface area (Å²) < 4.78 is 13.5. The Balaban J connectivity index is 1.04. The van der Waals surface area contributed by atoms with Gasteiger partial charge in [-0.1, -0.05) is 34.5 Å². The molecule has 218 valence electrons. The number of nitrogens with one attached hydrogen (secondary N) is 3. The monoisotopic (exact) mass is 708 g/mol. The molecule has 0 aliphatic carbocycles. The third kappa shape index (κ3) is 7.36. The van der Waals surface area contributed by atoms with Crippen molar-refractivity contribution in [3.05, 3.63) is 72.3 Å². The molecule has 3 aliphatic rings. The predicted octanol–water partition coefficient (Wildman–Crippen LogP) is 5.57. The molecule has 0 radical (unpaired) electrons. The van der Waals surface area contributed by atoms with Crippen molar-refractivity contribution in [1.29, 1.82) is 0 Å². The minimum atomic E-state index is -0.835. The predicted molar refractivity (Wildman–Crippen MR) is 164 cm³/mol. The second kappa shape index (κ2) is 13.5. The number of thioether (sulfide) groups is 1. The average Bonchev–Trinajstić information content (AvgIpc) is 3.50. The van der Waals surface area contributed by atoms with Crippen molar-refractivity contribution in [2.75, 3.05) is 18.9 Å². The molecule has 2 aromatic rings. The number of hydrogen-bond donors (Lipinski definition) is 3. The van der Waals surface area contributed by atoms with Crippen molar-refractivity contribution < 1.29 is 24.0 Å². The number of amides is 3. The van der Waals surface area contributed by atoms with E-state index in [1.807, 2.05) is 23.9 Å². The highest BCUT2D eigenvalue weighted by atomic mass is 79.9. The Morgan fingerprint density at radius 2 is 1.98 bits per heavy atom. The van der Waals surface area contributed by atoms with E-state index in [4.69, 9.17) is 9.47 Å². The lowest BCUT2D eigenvalue weighted by Gasteiger charge is -2.24. The van der Waals surface area contributed by atoms with Gasteiger partial charge in [-0.25, -0.2) is 4.79 Å². The van der Waals surface area contributed by atoms with E-state index in [0.29, 0.717) is 58.3 Å². The number of unbranched alkanes of at least 4 members (excludes halogenated alkanes) is 1. The Labute approximate surface area is 258 Å². The number of benzene rings is 2. The number of hydrogen-bond acceptors (Lipinski definition) is 7. The fraction of sp³-hybridized carbons (Fsp3) is 0.429. The van der Waals surface area contributed by atoms with E-state index in [0.717, 1.165) is 29.5 Å². The van der Waals surface area contributed by atoms with E-state index in [2.05, 4.69) is 47.8 Å². The van der Waals surface area contributed by atoms with Crippen LogP contribution in [0, 0.1) is 10.1 Å². The molecular weight excluding hydrogens is 680 g/mol. The summed E-state index contributed by atoms with van der Waals surface area (Å²) >= 11 is 8.79. The van der Waals surface area contributed by atoms with Gasteiger partial charge in [0.1, 0.15) is 11.5 Å². The fourth-order valence-electron chi connectivity index (χ4n) is 5.19. The van der Waals surface area contributed by atoms with E-state index in [1.165, 1.54) is 6.08 Å². The molecule has 4 atom stereocenters. The third-order valence-corrected chi connectivity index (χ3v) is 9.86. The van der Waals surface area contributed by atoms with Gasteiger partial charge in [-0.05, 0) is 59.5 Å². The summed E-state index contributed by atoms with van der Waals surface area (Å²) in [4.78, 5) is 35.1. The van der Waals surface area contributed by atoms with Gasteiger partial charge in [0.25, 0.3) is 5.70 Å². The van der Waals surface area contributed by atoms with Crippen LogP contribution >= 0.6 is 43.6 Å². The van der Waals surface area contributed by atoms with Crippen molar-refractivity contribution in [3.63, 3.8) is 0 Å². The molecule has 41 heavy (non-hydrogen) atoms. The molecule has 3 N–H and O–H groups in total. The van der Waals surface area contributed by atoms with E-state index in [1.54, 1.807) is 24.3 Å². The van der Waals surface area contributed by atoms with Crippen LogP contribution < -0.4 is 25.4 Å². The molecule has 2 saturated heterocycles. The van der Waals surface area contributed by atoms with Crippen LogP contribution in [0.2, 0.25) is 0 Å². The summed E-state index contributed by atoms with van der Waals surface area (Å²) in [5.74, 6) is 2.02. The van der Waals surface area contributed by atoms with Crippen LogP contribution in [0.3, 0.4) is 0 Å². The van der Waals surface area contributed by atoms with Crippen LogP contribution in [0.25, 0.3) is 6.08 Å². The van der Waals surface area contributed by atoms with Gasteiger partial charge in [-0.2, -0.15) is 11.8 Å². The molecule has 3 heterocycles. The Morgan fingerprint density at radius 3 is 2.76 bits per heavy atom. The summed E-state index contributed by atoms with van der Waals surface area (Å²) in [6.07, 6.45) is 4.52. The number of ether oxygens (including phenoxy) is 2. The Bertz CT molecular complexity index is 1340. The zero-order chi connectivity index (χ0) is 28.9. The van der Waals surface area contributed by atoms with Crippen LogP contribution in [0.1, 0.15) is 49.3 Å². The smallest absolute Gasteiger partial charge is 0.315 e. The number of nitrogens with zero attached hydrogens (tertiary/aromatic N) is 1. The molecule has 5 rings (SSSR count). The van der Waals surface area contributed by atoms with Crippen molar-refractivity contribution in [1.82, 2.24) is 16.0 Å². The lowest BCUT2D eigenvalue weighted by Crippen LogP contribution is -2.36. The van der Waals surface area contributed by atoms with E-state index < -0.39 is 11.0 Å². The molecule has 3 amide bonds. The van der Waals surface area contributed by atoms with E-state index >= 15 is 0 Å². The Kier molecular flexibility index (Phi) is 9.76. The normalized spacial score (nSPS) is 22.5. The van der Waals surface area contributed by atoms with Gasteiger partial charge in [0.05, 0.1) is 28.1 Å². The highest BCUT2D eigenvalue weighted by Gasteiger charge is 2.42. The fourth-order valence-corrected chi connectivity index (χ4v) is 7.55. The second-order valence-electron chi connectivity index (χ2n) is 10.1. The van der Waals surface area contributed by atoms with Gasteiger partial charge in [0.2, 0.25) is 12.0 Å². The standard InChI is InChI=1S/C28H30Br2N4O6S/c29-18-8-6-16(7-9-18)27-22(34(37)38)13-17-12-19(14-20(30)26(17)40-27)39-11-3-10-31-24(35)5-2-1-4-23-25-21(15-41-23)32-28(36)33-25/h6-9,12-14,21,23,25,27H,1-5,10-11,15H2,(H,31,35)(H2,32,33,36)/t21-,23?,25-,27?/m0/s1. The molecule has 2 fully saturated rings. The number of carbonyl (C=O) groups excluding carboxylic acids is 2. The van der Waals surface area contributed by atoms with Gasteiger partial charge in [0.15, 0.2) is 0 Å². The highest BCUT2D eigenvalue weighted by molar-refractivity contribution is 9.10. The summed E-state index contributed by atoms with van der Waals surface area (Å²) in [6.45, 7) is 0.870. The van der Waals surface area contributed by atoms with E-state index in [9.17, 15) is 19.7 Å². The third-order valence-electron chi connectivity index (χ3n) is 7.23. The molecule has 2 aromatic carbocycles. The zero-order valence-electron chi connectivity index (χ0n) is 22.1. The molecule has 0 aromatic heterocycles. The number of rotatable bonds is 12. The summed E-state index contributed by atoms with van der Waals surface area (Å²) in [6, 6.07) is 11.1. The van der Waals surface area contributed by atoms with E-state index in [-0.39, 0.29) is 29.7 Å². The van der Waals surface area contributed by atoms with Crippen LogP contribution in [0.15, 0.2) is 51.0 Å². The van der Waals surface area contributed by atoms with Gasteiger partial charge in [0, 0.05) is 45.6 Å². The van der Waals surface area contributed by atoms with Gasteiger partial charge in [-0.15, -0.1) is 0 Å². The first-order valence-electron chi connectivity index (χ1n) is 13.5. The summed E-state index contributed by atoms with van der Waals surface area (Å²) in [5, 5.41) is 21.1. The molecular formula is C28H30Br2N4O6S. The maximum atomic E-state index is 12.2. The quantitative estimate of drug-likeness (QED) is 0.114. The van der Waals surface area contributed by atoms with Crippen LogP contribution in [0.5, 0.6) is 11.5 Å². The van der Waals surface area contributed by atoms with Crippen LogP contribution in [-0.4, -0.2) is 53.1 Å². The van der Waals surface area contributed by atoms with Crippen LogP contribution in [0.4, 0.5) is 4.79 Å². The topological polar surface area (TPSA) is 132 Å². The molecule has 0 spiro atoms. The average molecular weight is 710 g/mol. The Hall–Kier alpha value is -2.77. The van der Waals surface area contributed by atoms with Gasteiger partial charge >= 0.3 is 6.03 Å².